The first kappa shape index (κ1) is 52.1. The van der Waals surface area contributed by atoms with E-state index >= 15 is 0 Å². The van der Waals surface area contributed by atoms with Gasteiger partial charge in [0.05, 0.1) is 61.2 Å². The molecule has 63 heavy (non-hydrogen) atoms. The molecule has 0 aromatic heterocycles. The number of rotatable bonds is 14. The number of hydrogen-bond acceptors (Lipinski definition) is 22. The monoisotopic (exact) mass is 916 g/mol. The van der Waals surface area contributed by atoms with Crippen molar-refractivity contribution in [3.8, 4) is 0 Å². The van der Waals surface area contributed by atoms with Gasteiger partial charge in [-0.1, -0.05) is 0 Å². The molecule has 0 aliphatic carbocycles. The van der Waals surface area contributed by atoms with Crippen LogP contribution < -0.4 is 10.6 Å². The number of aliphatic hydroxyl groups is 10. The van der Waals surface area contributed by atoms with Crippen molar-refractivity contribution in [2.45, 2.75) is 221 Å². The van der Waals surface area contributed by atoms with E-state index in [0.29, 0.717) is 0 Å². The normalized spacial score (nSPS) is 48.7. The van der Waals surface area contributed by atoms with E-state index in [2.05, 4.69) is 10.6 Å². The Morgan fingerprint density at radius 2 is 0.968 bits per heavy atom. The van der Waals surface area contributed by atoms with Crippen LogP contribution in [-0.2, 0) is 57.0 Å². The van der Waals surface area contributed by atoms with Crippen LogP contribution in [0.15, 0.2) is 0 Å². The molecule has 2 amide bonds. The Bertz CT molecular complexity index is 1500. The van der Waals surface area contributed by atoms with E-state index in [1.165, 1.54) is 55.6 Å². The molecule has 24 nitrogen and oxygen atoms in total. The molecular formula is C39H68N2O22. The molecule has 5 fully saturated rings. The van der Waals surface area contributed by atoms with Gasteiger partial charge in [0.25, 0.3) is 0 Å². The number of methoxy groups -OCH3 is 1. The minimum absolute atomic E-state index is 0.272. The molecule has 5 saturated heterocycles. The van der Waals surface area contributed by atoms with Crippen LogP contribution in [-0.4, -0.2) is 235 Å². The summed E-state index contributed by atoms with van der Waals surface area (Å²) in [6.07, 6.45) is -33.8. The molecule has 10 unspecified atom stereocenters. The highest BCUT2D eigenvalue weighted by Crippen LogP contribution is 2.36. The van der Waals surface area contributed by atoms with Crippen molar-refractivity contribution in [3.63, 3.8) is 0 Å². The number of hydrogen-bond donors (Lipinski definition) is 12. The summed E-state index contributed by atoms with van der Waals surface area (Å²) in [6, 6.07) is -2.01. The molecule has 24 heteroatoms. The van der Waals surface area contributed by atoms with E-state index in [1.807, 2.05) is 0 Å². The molecule has 0 aromatic carbocycles. The van der Waals surface area contributed by atoms with Crippen molar-refractivity contribution >= 4 is 11.8 Å². The third kappa shape index (κ3) is 11.8. The van der Waals surface area contributed by atoms with Gasteiger partial charge in [-0.05, 0) is 48.5 Å². The van der Waals surface area contributed by atoms with Crippen molar-refractivity contribution in [1.29, 1.82) is 0 Å². The number of amides is 2. The Morgan fingerprint density at radius 1 is 0.524 bits per heavy atom. The summed E-state index contributed by atoms with van der Waals surface area (Å²) in [5, 5.41) is 115. The molecule has 0 bridgehead atoms. The second kappa shape index (κ2) is 21.4. The fourth-order valence-corrected chi connectivity index (χ4v) is 8.51. The lowest BCUT2D eigenvalue weighted by atomic mass is 9.92. The van der Waals surface area contributed by atoms with Crippen LogP contribution in [0.3, 0.4) is 0 Å². The van der Waals surface area contributed by atoms with Crippen molar-refractivity contribution in [2.75, 3.05) is 13.7 Å². The maximum atomic E-state index is 12.6. The van der Waals surface area contributed by atoms with E-state index in [0.717, 1.165) is 0 Å². The summed E-state index contributed by atoms with van der Waals surface area (Å²) in [5.74, 6) is -1.07. The SMILES string of the molecule is COC1[C@H](O[C@H]2C(O)[C@H](O[C@H]3C(O)[C@H](OC4[C@H](O[C@@H]5C(NC(C)=O)[C@H](C)OC(CO)[C@@H]5O)OC(C)[C@H](O)[C@H]4O)OC(C)[C@@H]3O)OC(C)[C@@H]2O)OC(C)[C@H](NC(=O)CC(C)(C)O)[C@@H]1O. The van der Waals surface area contributed by atoms with Crippen LogP contribution >= 0.6 is 0 Å². The third-order valence-corrected chi connectivity index (χ3v) is 12.0. The smallest absolute Gasteiger partial charge is 0.223 e. The van der Waals surface area contributed by atoms with Crippen LogP contribution in [0.5, 0.6) is 0 Å². The Morgan fingerprint density at radius 3 is 1.48 bits per heavy atom. The van der Waals surface area contributed by atoms with Gasteiger partial charge < -0.3 is 109 Å². The van der Waals surface area contributed by atoms with E-state index in [1.54, 1.807) is 6.92 Å². The molecule has 5 rings (SSSR count). The molecule has 0 aromatic rings. The van der Waals surface area contributed by atoms with Gasteiger partial charge in [-0.15, -0.1) is 0 Å². The predicted molar refractivity (Wildman–Crippen MR) is 208 cm³/mol. The standard InChI is InChI=1S/C39H68N2O22/c1-12-20(41-19(44)10-39(7,8)53)26(49)33(54-9)37(56-12)62-32-24(47)16(5)57-35(29(32)52)61-31-23(46)15(4)58-36(28(31)51)63-34-27(50)22(45)14(3)59-38(34)60-30-21(40-17(6)43)13(2)55-18(11-42)25(30)48/h12-16,18,20-38,42,45-53H,10-11H2,1-9H3,(H,40,43)(H,41,44)/t12?,13-,14?,15?,16?,18?,20-,21?,22-,23-,24-,25-,26-,27+,28?,29?,30+,31+,32+,33?,34?,35-,36-,37-,38-/m0/s1. The van der Waals surface area contributed by atoms with Gasteiger partial charge in [-0.25, -0.2) is 0 Å². The summed E-state index contributed by atoms with van der Waals surface area (Å²) in [6.45, 7) is 10.9. The highest BCUT2D eigenvalue weighted by Gasteiger charge is 2.56. The maximum Gasteiger partial charge on any atom is 0.223 e. The van der Waals surface area contributed by atoms with E-state index in [9.17, 15) is 60.7 Å². The van der Waals surface area contributed by atoms with Crippen LogP contribution in [0.2, 0.25) is 0 Å². The maximum absolute atomic E-state index is 12.6. The molecule has 0 spiro atoms. The van der Waals surface area contributed by atoms with Crippen LogP contribution in [0.1, 0.15) is 61.8 Å². The largest absolute Gasteiger partial charge is 0.394 e. The quantitative estimate of drug-likeness (QED) is 0.0773. The fourth-order valence-electron chi connectivity index (χ4n) is 8.51. The Balaban J connectivity index is 1.32. The minimum Gasteiger partial charge on any atom is -0.394 e. The molecular weight excluding hydrogens is 848 g/mol. The summed E-state index contributed by atoms with van der Waals surface area (Å²) in [5.41, 5.74) is -1.33. The van der Waals surface area contributed by atoms with E-state index in [-0.39, 0.29) is 6.42 Å². The van der Waals surface area contributed by atoms with Gasteiger partial charge in [-0.2, -0.15) is 0 Å². The number of aliphatic hydroxyl groups excluding tert-OH is 9. The second-order valence-electron chi connectivity index (χ2n) is 17.7. The zero-order valence-electron chi connectivity index (χ0n) is 36.7. The Hall–Kier alpha value is -1.86. The first-order valence-corrected chi connectivity index (χ1v) is 21.1. The lowest BCUT2D eigenvalue weighted by Gasteiger charge is -2.50. The van der Waals surface area contributed by atoms with Crippen LogP contribution in [0.25, 0.3) is 0 Å². The van der Waals surface area contributed by atoms with Gasteiger partial charge in [0, 0.05) is 14.0 Å². The second-order valence-corrected chi connectivity index (χ2v) is 17.7. The molecule has 0 saturated carbocycles. The van der Waals surface area contributed by atoms with Gasteiger partial charge in [0.2, 0.25) is 11.8 Å². The third-order valence-electron chi connectivity index (χ3n) is 12.0. The summed E-state index contributed by atoms with van der Waals surface area (Å²) < 4.78 is 58.8. The average Bonchev–Trinajstić information content (AvgIpc) is 3.19. The summed E-state index contributed by atoms with van der Waals surface area (Å²) >= 11 is 0. The van der Waals surface area contributed by atoms with Crippen molar-refractivity contribution < 1.29 is 108 Å². The number of carbonyl (C=O) groups excluding carboxylic acids is 2. The zero-order chi connectivity index (χ0) is 47.0. The predicted octanol–water partition coefficient (Wildman–Crippen LogP) is -5.66. The van der Waals surface area contributed by atoms with Crippen LogP contribution in [0.4, 0.5) is 0 Å². The molecule has 5 heterocycles. The molecule has 366 valence electrons. The molecule has 5 aliphatic heterocycles. The highest BCUT2D eigenvalue weighted by atomic mass is 16.8. The molecule has 12 N–H and O–H groups in total. The van der Waals surface area contributed by atoms with Gasteiger partial charge in [0.15, 0.2) is 25.2 Å². The van der Waals surface area contributed by atoms with Crippen molar-refractivity contribution in [1.82, 2.24) is 10.6 Å². The summed E-state index contributed by atoms with van der Waals surface area (Å²) in [4.78, 5) is 24.7. The Kier molecular flexibility index (Phi) is 17.7. The first-order valence-electron chi connectivity index (χ1n) is 21.1. The topological polar surface area (TPSA) is 353 Å². The molecule has 5 aliphatic rings. The average molecular weight is 917 g/mol. The first-order chi connectivity index (χ1) is 29.4. The number of ether oxygens (including phenoxy) is 10. The minimum atomic E-state index is -1.93. The highest BCUT2D eigenvalue weighted by molar-refractivity contribution is 5.77. The Labute approximate surface area is 364 Å². The van der Waals surface area contributed by atoms with Gasteiger partial charge >= 0.3 is 0 Å². The van der Waals surface area contributed by atoms with E-state index in [4.69, 9.17) is 47.4 Å². The lowest BCUT2D eigenvalue weighted by Crippen LogP contribution is -2.68. The summed E-state index contributed by atoms with van der Waals surface area (Å²) in [7, 11) is 1.25. The lowest BCUT2D eigenvalue weighted by molar-refractivity contribution is -0.392. The zero-order valence-corrected chi connectivity index (χ0v) is 36.7. The van der Waals surface area contributed by atoms with Crippen LogP contribution in [0, 0.1) is 0 Å². The molecule has 0 radical (unpaired) electrons. The fraction of sp³-hybridized carbons (Fsp3) is 0.949. The van der Waals surface area contributed by atoms with Gasteiger partial charge in [0.1, 0.15) is 85.5 Å². The van der Waals surface area contributed by atoms with Gasteiger partial charge in [-0.3, -0.25) is 9.59 Å². The van der Waals surface area contributed by atoms with E-state index < -0.39 is 177 Å². The molecule has 25 atom stereocenters. The number of carbonyl (C=O) groups is 2. The number of nitrogens with one attached hydrogen (secondary N) is 2. The van der Waals surface area contributed by atoms with Crippen molar-refractivity contribution in [3.05, 3.63) is 0 Å². The van der Waals surface area contributed by atoms with Crippen molar-refractivity contribution in [2.24, 2.45) is 0 Å².